The van der Waals surface area contributed by atoms with Crippen LogP contribution in [-0.2, 0) is 17.9 Å². The fourth-order valence-electron chi connectivity index (χ4n) is 3.70. The van der Waals surface area contributed by atoms with E-state index in [1.165, 1.54) is 5.56 Å². The number of nitrogens with zero attached hydrogens (tertiary/aromatic N) is 2. The zero-order valence-electron chi connectivity index (χ0n) is 18.2. The van der Waals surface area contributed by atoms with E-state index in [1.54, 1.807) is 0 Å². The molecule has 1 aliphatic heterocycles. The number of amides is 1. The van der Waals surface area contributed by atoms with Crippen LogP contribution in [0.5, 0.6) is 5.75 Å². The SMILES string of the molecule is CN(Cc1ccccc1)C[C@@H](O)COc1ccc(CN2CCNC(=O)C2(C)C)cc1. The van der Waals surface area contributed by atoms with Gasteiger partial charge in [-0.25, -0.2) is 0 Å². The summed E-state index contributed by atoms with van der Waals surface area (Å²) in [5.41, 5.74) is 1.84. The van der Waals surface area contributed by atoms with Crippen LogP contribution >= 0.6 is 0 Å². The highest BCUT2D eigenvalue weighted by molar-refractivity contribution is 5.86. The first kappa shape index (κ1) is 22.3. The Morgan fingerprint density at radius 2 is 1.83 bits per heavy atom. The zero-order chi connectivity index (χ0) is 21.6. The molecule has 1 amide bonds. The summed E-state index contributed by atoms with van der Waals surface area (Å²) in [6.45, 7) is 7.71. The van der Waals surface area contributed by atoms with Gasteiger partial charge in [0.1, 0.15) is 18.5 Å². The van der Waals surface area contributed by atoms with Crippen molar-refractivity contribution in [3.05, 3.63) is 65.7 Å². The Morgan fingerprint density at radius 1 is 1.13 bits per heavy atom. The van der Waals surface area contributed by atoms with Crippen molar-refractivity contribution in [1.29, 1.82) is 0 Å². The topological polar surface area (TPSA) is 65.0 Å². The van der Waals surface area contributed by atoms with E-state index in [0.29, 0.717) is 19.6 Å². The van der Waals surface area contributed by atoms with E-state index in [0.717, 1.165) is 24.4 Å². The van der Waals surface area contributed by atoms with Gasteiger partial charge < -0.3 is 15.2 Å². The molecule has 162 valence electrons. The summed E-state index contributed by atoms with van der Waals surface area (Å²) in [7, 11) is 1.99. The second kappa shape index (κ2) is 10.1. The molecule has 3 rings (SSSR count). The molecule has 2 aromatic rings. The van der Waals surface area contributed by atoms with Gasteiger partial charge >= 0.3 is 0 Å². The summed E-state index contributed by atoms with van der Waals surface area (Å²) in [6.07, 6.45) is -0.564. The minimum absolute atomic E-state index is 0.0694. The van der Waals surface area contributed by atoms with Crippen LogP contribution in [-0.4, -0.2) is 65.7 Å². The normalized spacial score (nSPS) is 17.6. The smallest absolute Gasteiger partial charge is 0.240 e. The number of hydrogen-bond acceptors (Lipinski definition) is 5. The first-order valence-electron chi connectivity index (χ1n) is 10.5. The molecule has 6 heteroatoms. The number of rotatable bonds is 9. The Bertz CT molecular complexity index is 808. The molecule has 0 unspecified atom stereocenters. The van der Waals surface area contributed by atoms with Gasteiger partial charge in [-0.3, -0.25) is 14.6 Å². The largest absolute Gasteiger partial charge is 0.491 e. The van der Waals surface area contributed by atoms with Gasteiger partial charge in [0.2, 0.25) is 5.91 Å². The molecule has 0 spiro atoms. The summed E-state index contributed by atoms with van der Waals surface area (Å²) in [5, 5.41) is 13.2. The van der Waals surface area contributed by atoms with Crippen LogP contribution in [0.15, 0.2) is 54.6 Å². The Balaban J connectivity index is 1.44. The molecule has 1 atom stereocenters. The van der Waals surface area contributed by atoms with Gasteiger partial charge in [-0.2, -0.15) is 0 Å². The summed E-state index contributed by atoms with van der Waals surface area (Å²) < 4.78 is 5.77. The fourth-order valence-corrected chi connectivity index (χ4v) is 3.70. The first-order chi connectivity index (χ1) is 14.3. The van der Waals surface area contributed by atoms with E-state index in [2.05, 4.69) is 27.2 Å². The second-order valence-electron chi connectivity index (χ2n) is 8.53. The minimum atomic E-state index is -0.564. The molecule has 0 radical (unpaired) electrons. The average Bonchev–Trinajstić information content (AvgIpc) is 2.72. The summed E-state index contributed by atoms with van der Waals surface area (Å²) in [6, 6.07) is 18.1. The number of carbonyl (C=O) groups excluding carboxylic acids is 1. The van der Waals surface area contributed by atoms with Gasteiger partial charge in [-0.15, -0.1) is 0 Å². The lowest BCUT2D eigenvalue weighted by molar-refractivity contribution is -0.135. The van der Waals surface area contributed by atoms with Crippen LogP contribution in [0.3, 0.4) is 0 Å². The molecule has 1 saturated heterocycles. The predicted molar refractivity (Wildman–Crippen MR) is 118 cm³/mol. The maximum Gasteiger partial charge on any atom is 0.240 e. The van der Waals surface area contributed by atoms with E-state index in [4.69, 9.17) is 4.74 Å². The highest BCUT2D eigenvalue weighted by Crippen LogP contribution is 2.22. The molecular weight excluding hydrogens is 378 g/mol. The highest BCUT2D eigenvalue weighted by Gasteiger charge is 2.37. The standard InChI is InChI=1S/C24H33N3O3/c1-24(2)23(29)25-13-14-27(24)16-20-9-11-22(12-10-20)30-18-21(28)17-26(3)15-19-7-5-4-6-8-19/h4-12,21,28H,13-18H2,1-3H3,(H,25,29)/t21-/m1/s1. The summed E-state index contributed by atoms with van der Waals surface area (Å²) in [5.74, 6) is 0.805. The number of benzene rings is 2. The summed E-state index contributed by atoms with van der Waals surface area (Å²) >= 11 is 0. The number of piperazine rings is 1. The number of nitrogens with one attached hydrogen (secondary N) is 1. The van der Waals surface area contributed by atoms with Crippen molar-refractivity contribution in [3.8, 4) is 5.75 Å². The van der Waals surface area contributed by atoms with Crippen LogP contribution < -0.4 is 10.1 Å². The molecular formula is C24H33N3O3. The lowest BCUT2D eigenvalue weighted by atomic mass is 9.98. The molecule has 0 saturated carbocycles. The molecule has 0 aliphatic carbocycles. The van der Waals surface area contributed by atoms with Crippen molar-refractivity contribution in [3.63, 3.8) is 0 Å². The molecule has 6 nitrogen and oxygen atoms in total. The van der Waals surface area contributed by atoms with Crippen LogP contribution in [0.2, 0.25) is 0 Å². The van der Waals surface area contributed by atoms with E-state index in [9.17, 15) is 9.90 Å². The first-order valence-corrected chi connectivity index (χ1v) is 10.5. The molecule has 1 aliphatic rings. The van der Waals surface area contributed by atoms with Crippen molar-refractivity contribution in [2.45, 2.75) is 38.6 Å². The Labute approximate surface area is 179 Å². The minimum Gasteiger partial charge on any atom is -0.491 e. The van der Waals surface area contributed by atoms with Crippen LogP contribution in [0.4, 0.5) is 0 Å². The molecule has 2 N–H and O–H groups in total. The quantitative estimate of drug-likeness (QED) is 0.663. The molecule has 0 bridgehead atoms. The second-order valence-corrected chi connectivity index (χ2v) is 8.53. The maximum atomic E-state index is 12.1. The molecule has 1 heterocycles. The van der Waals surface area contributed by atoms with Crippen molar-refractivity contribution in [2.75, 3.05) is 33.3 Å². The molecule has 2 aromatic carbocycles. The number of aliphatic hydroxyl groups excluding tert-OH is 1. The third-order valence-electron chi connectivity index (χ3n) is 5.57. The van der Waals surface area contributed by atoms with Crippen LogP contribution in [0.25, 0.3) is 0 Å². The van der Waals surface area contributed by atoms with Gasteiger partial charge in [0.25, 0.3) is 0 Å². The fraction of sp³-hybridized carbons (Fsp3) is 0.458. The highest BCUT2D eigenvalue weighted by atomic mass is 16.5. The number of hydrogen-bond donors (Lipinski definition) is 2. The van der Waals surface area contributed by atoms with Gasteiger partial charge in [0.05, 0.1) is 5.54 Å². The number of ether oxygens (including phenoxy) is 1. The number of aliphatic hydroxyl groups is 1. The van der Waals surface area contributed by atoms with Gasteiger partial charge in [0.15, 0.2) is 0 Å². The Morgan fingerprint density at radius 3 is 2.53 bits per heavy atom. The Hall–Kier alpha value is -2.41. The van der Waals surface area contributed by atoms with Crippen molar-refractivity contribution >= 4 is 5.91 Å². The van der Waals surface area contributed by atoms with E-state index in [1.807, 2.05) is 63.4 Å². The van der Waals surface area contributed by atoms with Gasteiger partial charge in [-0.1, -0.05) is 42.5 Å². The number of carbonyl (C=O) groups is 1. The monoisotopic (exact) mass is 411 g/mol. The molecule has 30 heavy (non-hydrogen) atoms. The van der Waals surface area contributed by atoms with Crippen molar-refractivity contribution in [2.24, 2.45) is 0 Å². The lowest BCUT2D eigenvalue weighted by Crippen LogP contribution is -2.61. The molecule has 1 fully saturated rings. The third kappa shape index (κ3) is 6.05. The summed E-state index contributed by atoms with van der Waals surface area (Å²) in [4.78, 5) is 16.4. The zero-order valence-corrected chi connectivity index (χ0v) is 18.2. The van der Waals surface area contributed by atoms with Gasteiger partial charge in [-0.05, 0) is 44.2 Å². The van der Waals surface area contributed by atoms with Gasteiger partial charge in [0, 0.05) is 32.7 Å². The average molecular weight is 412 g/mol. The van der Waals surface area contributed by atoms with Crippen molar-refractivity contribution in [1.82, 2.24) is 15.1 Å². The van der Waals surface area contributed by atoms with E-state index in [-0.39, 0.29) is 12.5 Å². The van der Waals surface area contributed by atoms with E-state index >= 15 is 0 Å². The van der Waals surface area contributed by atoms with Crippen LogP contribution in [0.1, 0.15) is 25.0 Å². The third-order valence-corrected chi connectivity index (χ3v) is 5.57. The Kier molecular flexibility index (Phi) is 7.48. The van der Waals surface area contributed by atoms with Crippen molar-refractivity contribution < 1.29 is 14.6 Å². The maximum absolute atomic E-state index is 12.1. The predicted octanol–water partition coefficient (Wildman–Crippen LogP) is 2.27. The van der Waals surface area contributed by atoms with Crippen LogP contribution in [0, 0.1) is 0 Å². The number of likely N-dealkylation sites (N-methyl/N-ethyl adjacent to an activating group) is 1. The lowest BCUT2D eigenvalue weighted by Gasteiger charge is -2.41. The molecule has 0 aromatic heterocycles. The van der Waals surface area contributed by atoms with E-state index < -0.39 is 11.6 Å².